The lowest BCUT2D eigenvalue weighted by Crippen LogP contribution is -2.32. The molecular formula is C9H17N3O2. The van der Waals surface area contributed by atoms with E-state index in [1.165, 1.54) is 6.39 Å². The number of hydrogen-bond acceptors (Lipinski definition) is 5. The lowest BCUT2D eigenvalue weighted by atomic mass is 10.3. The van der Waals surface area contributed by atoms with E-state index in [2.05, 4.69) is 33.4 Å². The zero-order chi connectivity index (χ0) is 10.4. The van der Waals surface area contributed by atoms with Crippen molar-refractivity contribution in [2.45, 2.75) is 32.9 Å². The fraction of sp³-hybridized carbons (Fsp3) is 0.778. The Morgan fingerprint density at radius 2 is 2.36 bits per heavy atom. The first-order valence-corrected chi connectivity index (χ1v) is 4.84. The van der Waals surface area contributed by atoms with E-state index in [9.17, 15) is 0 Å². The monoisotopic (exact) mass is 199 g/mol. The summed E-state index contributed by atoms with van der Waals surface area (Å²) in [6, 6.07) is 0.417. The van der Waals surface area contributed by atoms with Gasteiger partial charge in [-0.1, -0.05) is 5.16 Å². The molecule has 1 heterocycles. The molecule has 5 heteroatoms. The summed E-state index contributed by atoms with van der Waals surface area (Å²) in [5.74, 6) is 0.691. The Labute approximate surface area is 83.7 Å². The van der Waals surface area contributed by atoms with Gasteiger partial charge in [0.1, 0.15) is 0 Å². The fourth-order valence-electron chi connectivity index (χ4n) is 1.24. The molecule has 0 saturated heterocycles. The molecule has 5 nitrogen and oxygen atoms in total. The molecule has 0 aromatic carbocycles. The summed E-state index contributed by atoms with van der Waals surface area (Å²) in [5, 5.41) is 12.5. The van der Waals surface area contributed by atoms with Crippen molar-refractivity contribution < 1.29 is 9.63 Å². The maximum atomic E-state index is 8.75. The topological polar surface area (TPSA) is 62.4 Å². The van der Waals surface area contributed by atoms with Gasteiger partial charge in [0.25, 0.3) is 0 Å². The van der Waals surface area contributed by atoms with Crippen molar-refractivity contribution in [1.82, 2.24) is 15.0 Å². The van der Waals surface area contributed by atoms with Gasteiger partial charge in [0, 0.05) is 19.2 Å². The Kier molecular flexibility index (Phi) is 4.55. The van der Waals surface area contributed by atoms with Crippen molar-refractivity contribution in [3.05, 3.63) is 12.2 Å². The van der Waals surface area contributed by atoms with Crippen LogP contribution in [0.2, 0.25) is 0 Å². The van der Waals surface area contributed by atoms with Crippen LogP contribution in [0.25, 0.3) is 0 Å². The van der Waals surface area contributed by atoms with Crippen LogP contribution in [-0.4, -0.2) is 39.3 Å². The van der Waals surface area contributed by atoms with E-state index in [1.807, 2.05) is 0 Å². The van der Waals surface area contributed by atoms with E-state index < -0.39 is 0 Å². The molecule has 14 heavy (non-hydrogen) atoms. The normalized spacial score (nSPS) is 11.5. The minimum absolute atomic E-state index is 0.218. The van der Waals surface area contributed by atoms with Gasteiger partial charge in [0.15, 0.2) is 5.82 Å². The first-order chi connectivity index (χ1) is 6.74. The third-order valence-electron chi connectivity index (χ3n) is 2.09. The highest BCUT2D eigenvalue weighted by Gasteiger charge is 2.11. The second-order valence-electron chi connectivity index (χ2n) is 3.49. The van der Waals surface area contributed by atoms with Crippen molar-refractivity contribution in [2.75, 3.05) is 13.2 Å². The van der Waals surface area contributed by atoms with Crippen LogP contribution in [0.5, 0.6) is 0 Å². The highest BCUT2D eigenvalue weighted by Crippen LogP contribution is 2.04. The van der Waals surface area contributed by atoms with E-state index in [4.69, 9.17) is 5.11 Å². The molecule has 1 N–H and O–H groups in total. The van der Waals surface area contributed by atoms with Gasteiger partial charge in [0.05, 0.1) is 6.54 Å². The molecule has 0 aliphatic heterocycles. The molecule has 0 spiro atoms. The van der Waals surface area contributed by atoms with Crippen LogP contribution in [0.1, 0.15) is 26.1 Å². The molecule has 0 radical (unpaired) electrons. The van der Waals surface area contributed by atoms with Crippen LogP contribution in [-0.2, 0) is 6.54 Å². The molecule has 1 rings (SSSR count). The van der Waals surface area contributed by atoms with E-state index in [0.717, 1.165) is 13.0 Å². The van der Waals surface area contributed by atoms with E-state index in [-0.39, 0.29) is 6.61 Å². The molecule has 0 aliphatic rings. The Hall–Kier alpha value is -0.940. The number of nitrogens with zero attached hydrogens (tertiary/aromatic N) is 3. The first kappa shape index (κ1) is 11.1. The van der Waals surface area contributed by atoms with Crippen molar-refractivity contribution >= 4 is 0 Å². The Morgan fingerprint density at radius 1 is 1.57 bits per heavy atom. The maximum absolute atomic E-state index is 8.75. The van der Waals surface area contributed by atoms with E-state index in [1.54, 1.807) is 0 Å². The van der Waals surface area contributed by atoms with Gasteiger partial charge in [-0.2, -0.15) is 4.98 Å². The first-order valence-electron chi connectivity index (χ1n) is 4.84. The second-order valence-corrected chi connectivity index (χ2v) is 3.49. The van der Waals surface area contributed by atoms with Gasteiger partial charge in [0.2, 0.25) is 6.39 Å². The van der Waals surface area contributed by atoms with Gasteiger partial charge in [-0.15, -0.1) is 0 Å². The number of aliphatic hydroxyl groups excluding tert-OH is 1. The SMILES string of the molecule is CC(C)N(CCCO)Cc1ncon1. The number of aliphatic hydroxyl groups is 1. The average molecular weight is 199 g/mol. The Balaban J connectivity index is 2.43. The van der Waals surface area contributed by atoms with Crippen molar-refractivity contribution in [3.63, 3.8) is 0 Å². The predicted octanol–water partition coefficient (Wildman–Crippen LogP) is 0.662. The predicted molar refractivity (Wildman–Crippen MR) is 51.5 cm³/mol. The van der Waals surface area contributed by atoms with E-state index >= 15 is 0 Å². The standard InChI is InChI=1S/C9H17N3O2/c1-8(2)12(4-3-5-13)6-9-10-7-14-11-9/h7-8,13H,3-6H2,1-2H3. The molecule has 0 aliphatic carbocycles. The minimum Gasteiger partial charge on any atom is -0.396 e. The number of aromatic nitrogens is 2. The summed E-state index contributed by atoms with van der Waals surface area (Å²) in [5.41, 5.74) is 0. The smallest absolute Gasteiger partial charge is 0.213 e. The van der Waals surface area contributed by atoms with Crippen molar-refractivity contribution in [1.29, 1.82) is 0 Å². The largest absolute Gasteiger partial charge is 0.396 e. The van der Waals surface area contributed by atoms with E-state index in [0.29, 0.717) is 18.4 Å². The molecule has 0 bridgehead atoms. The molecule has 0 fully saturated rings. The summed E-state index contributed by atoms with van der Waals surface area (Å²) < 4.78 is 4.66. The lowest BCUT2D eigenvalue weighted by molar-refractivity contribution is 0.179. The number of hydrogen-bond donors (Lipinski definition) is 1. The average Bonchev–Trinajstić information content (AvgIpc) is 2.64. The summed E-state index contributed by atoms with van der Waals surface area (Å²) >= 11 is 0. The molecule has 0 unspecified atom stereocenters. The van der Waals surface area contributed by atoms with Gasteiger partial charge in [-0.3, -0.25) is 4.90 Å². The summed E-state index contributed by atoms with van der Waals surface area (Å²) in [6.45, 7) is 5.96. The summed E-state index contributed by atoms with van der Waals surface area (Å²) in [6.07, 6.45) is 2.11. The quantitative estimate of drug-likeness (QED) is 0.729. The van der Waals surface area contributed by atoms with Crippen LogP contribution in [0.4, 0.5) is 0 Å². The zero-order valence-electron chi connectivity index (χ0n) is 8.68. The molecular weight excluding hydrogens is 182 g/mol. The molecule has 0 atom stereocenters. The summed E-state index contributed by atoms with van der Waals surface area (Å²) in [4.78, 5) is 6.16. The summed E-state index contributed by atoms with van der Waals surface area (Å²) in [7, 11) is 0. The third kappa shape index (κ3) is 3.43. The number of rotatable bonds is 6. The van der Waals surface area contributed by atoms with Crippen molar-refractivity contribution in [3.8, 4) is 0 Å². The molecule has 1 aromatic heterocycles. The Morgan fingerprint density at radius 3 is 2.86 bits per heavy atom. The van der Waals surface area contributed by atoms with Gasteiger partial charge in [-0.05, 0) is 20.3 Å². The van der Waals surface area contributed by atoms with Crippen LogP contribution < -0.4 is 0 Å². The highest BCUT2D eigenvalue weighted by molar-refractivity contribution is 4.79. The maximum Gasteiger partial charge on any atom is 0.213 e. The molecule has 1 aromatic rings. The van der Waals surface area contributed by atoms with Gasteiger partial charge in [-0.25, -0.2) is 0 Å². The van der Waals surface area contributed by atoms with Crippen molar-refractivity contribution in [2.24, 2.45) is 0 Å². The molecule has 0 amide bonds. The molecule has 0 saturated carbocycles. The third-order valence-corrected chi connectivity index (χ3v) is 2.09. The highest BCUT2D eigenvalue weighted by atomic mass is 16.5. The molecule has 80 valence electrons. The fourth-order valence-corrected chi connectivity index (χ4v) is 1.24. The minimum atomic E-state index is 0.218. The van der Waals surface area contributed by atoms with Crippen LogP contribution in [0.15, 0.2) is 10.9 Å². The second kappa shape index (κ2) is 5.72. The van der Waals surface area contributed by atoms with Crippen LogP contribution in [0.3, 0.4) is 0 Å². The van der Waals surface area contributed by atoms with Crippen LogP contribution in [0, 0.1) is 0 Å². The Bertz CT molecular complexity index is 236. The lowest BCUT2D eigenvalue weighted by Gasteiger charge is -2.24. The van der Waals surface area contributed by atoms with Gasteiger partial charge < -0.3 is 9.63 Å². The van der Waals surface area contributed by atoms with Crippen LogP contribution >= 0.6 is 0 Å². The zero-order valence-corrected chi connectivity index (χ0v) is 8.68. The van der Waals surface area contributed by atoms with Gasteiger partial charge >= 0.3 is 0 Å².